The fourth-order valence-electron chi connectivity index (χ4n) is 2.57. The summed E-state index contributed by atoms with van der Waals surface area (Å²) in [4.78, 5) is 22.2. The maximum Gasteiger partial charge on any atom is 0.312 e. The molecule has 0 aromatic carbocycles. The first kappa shape index (κ1) is 12.0. The lowest BCUT2D eigenvalue weighted by Gasteiger charge is -2.38. The molecule has 5 heteroatoms. The van der Waals surface area contributed by atoms with Crippen LogP contribution in [-0.2, 0) is 9.59 Å². The molecule has 0 heterocycles. The molecule has 0 saturated heterocycles. The molecule has 2 atom stereocenters. The molecule has 15 heavy (non-hydrogen) atoms. The Hall–Kier alpha value is -1.10. The molecule has 0 radical (unpaired) electrons. The van der Waals surface area contributed by atoms with Gasteiger partial charge in [0.1, 0.15) is 0 Å². The number of hydrogen-bond donors (Lipinski definition) is 3. The Bertz CT molecular complexity index is 296. The minimum Gasteiger partial charge on any atom is -0.481 e. The van der Waals surface area contributed by atoms with E-state index in [1.54, 1.807) is 13.8 Å². The maximum atomic E-state index is 11.2. The summed E-state index contributed by atoms with van der Waals surface area (Å²) in [6, 6.07) is 0. The predicted molar refractivity (Wildman–Crippen MR) is 51.3 cm³/mol. The summed E-state index contributed by atoms with van der Waals surface area (Å²) in [5.74, 6) is -2.81. The highest BCUT2D eigenvalue weighted by molar-refractivity contribution is 5.80. The molecule has 0 aromatic heterocycles. The van der Waals surface area contributed by atoms with E-state index in [4.69, 9.17) is 10.2 Å². The van der Waals surface area contributed by atoms with Crippen LogP contribution in [0.5, 0.6) is 0 Å². The van der Waals surface area contributed by atoms with Gasteiger partial charge in [-0.15, -0.1) is 0 Å². The van der Waals surface area contributed by atoms with Crippen LogP contribution in [0.15, 0.2) is 0 Å². The molecular formula is C10H16O5. The molecule has 86 valence electrons. The molecule has 0 aromatic rings. The molecular weight excluding hydrogens is 200 g/mol. The highest BCUT2D eigenvalue weighted by Crippen LogP contribution is 2.56. The third kappa shape index (κ3) is 1.42. The van der Waals surface area contributed by atoms with Gasteiger partial charge in [0.2, 0.25) is 0 Å². The van der Waals surface area contributed by atoms with Crippen molar-refractivity contribution in [1.29, 1.82) is 0 Å². The highest BCUT2D eigenvalue weighted by Gasteiger charge is 2.61. The summed E-state index contributed by atoms with van der Waals surface area (Å²) in [6.07, 6.45) is 0.512. The number of aliphatic hydroxyl groups is 1. The van der Waals surface area contributed by atoms with E-state index in [0.717, 1.165) is 0 Å². The summed E-state index contributed by atoms with van der Waals surface area (Å²) in [5, 5.41) is 27.4. The highest BCUT2D eigenvalue weighted by atomic mass is 16.4. The van der Waals surface area contributed by atoms with Crippen molar-refractivity contribution in [3.8, 4) is 0 Å². The average molecular weight is 216 g/mol. The van der Waals surface area contributed by atoms with Crippen molar-refractivity contribution < 1.29 is 24.9 Å². The van der Waals surface area contributed by atoms with Crippen LogP contribution in [-0.4, -0.2) is 33.9 Å². The Morgan fingerprint density at radius 2 is 1.87 bits per heavy atom. The van der Waals surface area contributed by atoms with Crippen molar-refractivity contribution in [2.24, 2.45) is 16.7 Å². The molecule has 0 amide bonds. The minimum absolute atomic E-state index is 0.211. The Morgan fingerprint density at radius 1 is 1.33 bits per heavy atom. The molecule has 1 aliphatic rings. The van der Waals surface area contributed by atoms with Gasteiger partial charge in [-0.05, 0) is 18.3 Å². The van der Waals surface area contributed by atoms with Crippen molar-refractivity contribution in [2.45, 2.75) is 26.7 Å². The van der Waals surface area contributed by atoms with E-state index in [1.807, 2.05) is 0 Å². The number of aliphatic carboxylic acids is 2. The average Bonchev–Trinajstić information content (AvgIpc) is 2.37. The molecule has 0 bridgehead atoms. The smallest absolute Gasteiger partial charge is 0.312 e. The zero-order valence-corrected chi connectivity index (χ0v) is 8.86. The van der Waals surface area contributed by atoms with E-state index in [2.05, 4.69) is 0 Å². The van der Waals surface area contributed by atoms with Gasteiger partial charge < -0.3 is 15.3 Å². The van der Waals surface area contributed by atoms with Crippen LogP contribution in [0.25, 0.3) is 0 Å². The number of carboxylic acids is 2. The van der Waals surface area contributed by atoms with Crippen LogP contribution in [0, 0.1) is 16.7 Å². The van der Waals surface area contributed by atoms with Crippen LogP contribution in [0.3, 0.4) is 0 Å². The topological polar surface area (TPSA) is 94.8 Å². The Kier molecular flexibility index (Phi) is 2.78. The maximum absolute atomic E-state index is 11.2. The van der Waals surface area contributed by atoms with E-state index < -0.39 is 35.3 Å². The van der Waals surface area contributed by atoms with Gasteiger partial charge in [0.05, 0.1) is 17.9 Å². The third-order valence-electron chi connectivity index (χ3n) is 3.94. The number of aliphatic hydroxyl groups excluding tert-OH is 1. The van der Waals surface area contributed by atoms with Gasteiger partial charge in [0.15, 0.2) is 0 Å². The van der Waals surface area contributed by atoms with Crippen LogP contribution >= 0.6 is 0 Å². The number of hydrogen-bond acceptors (Lipinski definition) is 3. The van der Waals surface area contributed by atoms with Crippen molar-refractivity contribution in [3.63, 3.8) is 0 Å². The molecule has 0 unspecified atom stereocenters. The first-order valence-electron chi connectivity index (χ1n) is 4.86. The van der Waals surface area contributed by atoms with Crippen LogP contribution in [0.2, 0.25) is 0 Å². The Morgan fingerprint density at radius 3 is 2.07 bits per heavy atom. The summed E-state index contributed by atoms with van der Waals surface area (Å²) in [7, 11) is 0. The van der Waals surface area contributed by atoms with Crippen LogP contribution in [0.4, 0.5) is 0 Å². The minimum atomic E-state index is -1.32. The lowest BCUT2D eigenvalue weighted by atomic mass is 9.65. The number of carbonyl (C=O) groups is 2. The fourth-order valence-corrected chi connectivity index (χ4v) is 2.57. The molecule has 1 saturated carbocycles. The fraction of sp³-hybridized carbons (Fsp3) is 0.800. The zero-order valence-electron chi connectivity index (χ0n) is 8.86. The third-order valence-corrected chi connectivity index (χ3v) is 3.94. The molecule has 1 rings (SSSR count). The Balaban J connectivity index is 3.15. The summed E-state index contributed by atoms with van der Waals surface area (Å²) < 4.78 is 0. The van der Waals surface area contributed by atoms with Crippen molar-refractivity contribution in [2.75, 3.05) is 6.61 Å². The molecule has 1 fully saturated rings. The van der Waals surface area contributed by atoms with Crippen molar-refractivity contribution >= 4 is 11.9 Å². The molecule has 1 aliphatic carbocycles. The largest absolute Gasteiger partial charge is 0.481 e. The van der Waals surface area contributed by atoms with Crippen molar-refractivity contribution in [3.05, 3.63) is 0 Å². The van der Waals surface area contributed by atoms with Crippen LogP contribution < -0.4 is 0 Å². The Labute approximate surface area is 87.7 Å². The van der Waals surface area contributed by atoms with Gasteiger partial charge >= 0.3 is 11.9 Å². The predicted octanol–water partition coefficient (Wildman–Crippen LogP) is 0.571. The first-order chi connectivity index (χ1) is 6.79. The van der Waals surface area contributed by atoms with E-state index in [-0.39, 0.29) is 6.42 Å². The molecule has 3 N–H and O–H groups in total. The summed E-state index contributed by atoms with van der Waals surface area (Å²) in [5.41, 5.74) is -2.25. The van der Waals surface area contributed by atoms with Gasteiger partial charge in [0, 0.05) is 0 Å². The summed E-state index contributed by atoms with van der Waals surface area (Å²) >= 11 is 0. The van der Waals surface area contributed by atoms with E-state index in [9.17, 15) is 14.7 Å². The van der Waals surface area contributed by atoms with Crippen molar-refractivity contribution in [1.82, 2.24) is 0 Å². The second-order valence-electron chi connectivity index (χ2n) is 4.70. The van der Waals surface area contributed by atoms with E-state index >= 15 is 0 Å². The lowest BCUT2D eigenvalue weighted by Crippen LogP contribution is -2.47. The van der Waals surface area contributed by atoms with Crippen LogP contribution in [0.1, 0.15) is 26.7 Å². The second-order valence-corrected chi connectivity index (χ2v) is 4.70. The number of carboxylic acid groups (broad SMARTS) is 2. The van der Waals surface area contributed by atoms with E-state index in [0.29, 0.717) is 6.42 Å². The second kappa shape index (κ2) is 3.48. The summed E-state index contributed by atoms with van der Waals surface area (Å²) in [6.45, 7) is 2.69. The van der Waals surface area contributed by atoms with Gasteiger partial charge in [-0.25, -0.2) is 0 Å². The lowest BCUT2D eigenvalue weighted by molar-refractivity contribution is -0.163. The van der Waals surface area contributed by atoms with Gasteiger partial charge in [-0.1, -0.05) is 13.8 Å². The van der Waals surface area contributed by atoms with Gasteiger partial charge in [-0.2, -0.15) is 0 Å². The quantitative estimate of drug-likeness (QED) is 0.641. The first-order valence-corrected chi connectivity index (χ1v) is 4.86. The van der Waals surface area contributed by atoms with Gasteiger partial charge in [-0.3, -0.25) is 9.59 Å². The molecule has 0 spiro atoms. The normalized spacial score (nSPS) is 33.9. The van der Waals surface area contributed by atoms with Gasteiger partial charge in [0.25, 0.3) is 0 Å². The number of rotatable bonds is 3. The van der Waals surface area contributed by atoms with E-state index in [1.165, 1.54) is 0 Å². The standard InChI is InChI=1S/C10H16O5/c1-9(2)6(7(12)13)3-4-10(9,5-11)8(14)15/h6,11H,3-5H2,1-2H3,(H,12,13)(H,14,15)/t6-,10-/m0/s1. The monoisotopic (exact) mass is 216 g/mol. The SMILES string of the molecule is CC1(C)[C@H](C(=O)O)CC[C@]1(CO)C(=O)O. The molecule has 5 nitrogen and oxygen atoms in total. The zero-order chi connectivity index (χ0) is 11.9. The molecule has 0 aliphatic heterocycles.